The van der Waals surface area contributed by atoms with Crippen LogP contribution in [0.25, 0.3) is 0 Å². The second-order valence-electron chi connectivity index (χ2n) is 6.61. The van der Waals surface area contributed by atoms with Crippen molar-refractivity contribution >= 4 is 27.3 Å². The van der Waals surface area contributed by atoms with Gasteiger partial charge in [0.1, 0.15) is 0 Å². The first-order valence-corrected chi connectivity index (χ1v) is 10.3. The highest BCUT2D eigenvalue weighted by atomic mass is 32.2. The first kappa shape index (κ1) is 19.6. The molecule has 0 aliphatic carbocycles. The summed E-state index contributed by atoms with van der Waals surface area (Å²) in [4.78, 5) is 12.9. The van der Waals surface area contributed by atoms with Crippen molar-refractivity contribution in [2.75, 3.05) is 16.7 Å². The smallest absolute Gasteiger partial charge is 0.264 e. The number of anilines is 2. The van der Waals surface area contributed by atoms with Crippen molar-refractivity contribution in [2.24, 2.45) is 0 Å². The van der Waals surface area contributed by atoms with Crippen molar-refractivity contribution in [3.05, 3.63) is 89.5 Å². The van der Waals surface area contributed by atoms with Gasteiger partial charge in [-0.3, -0.25) is 9.10 Å². The fourth-order valence-corrected chi connectivity index (χ4v) is 4.17. The highest BCUT2D eigenvalue weighted by Gasteiger charge is 2.23. The predicted octanol–water partition coefficient (Wildman–Crippen LogP) is 4.38. The molecular formula is C22H22N2O3S. The number of hydrogen-bond acceptors (Lipinski definition) is 3. The van der Waals surface area contributed by atoms with Crippen LogP contribution in [0.5, 0.6) is 0 Å². The standard InChI is InChI=1S/C22H22N2O3S/c1-16-8-7-9-19(14-16)23-22(25)18-13-12-17(2)21(15-18)24(3)28(26,27)20-10-5-4-6-11-20/h4-15H,1-3H3,(H,23,25). The highest BCUT2D eigenvalue weighted by molar-refractivity contribution is 7.92. The molecule has 3 aromatic carbocycles. The molecule has 3 aromatic rings. The number of carbonyl (C=O) groups excluding carboxylic acids is 1. The third-order valence-corrected chi connectivity index (χ3v) is 6.27. The fraction of sp³-hybridized carbons (Fsp3) is 0.136. The number of carbonyl (C=O) groups is 1. The lowest BCUT2D eigenvalue weighted by Gasteiger charge is -2.22. The lowest BCUT2D eigenvalue weighted by Crippen LogP contribution is -2.27. The predicted molar refractivity (Wildman–Crippen MR) is 112 cm³/mol. The molecule has 1 amide bonds. The van der Waals surface area contributed by atoms with E-state index in [1.54, 1.807) is 48.5 Å². The van der Waals surface area contributed by atoms with E-state index < -0.39 is 10.0 Å². The molecule has 28 heavy (non-hydrogen) atoms. The van der Waals surface area contributed by atoms with E-state index in [0.717, 1.165) is 11.1 Å². The normalized spacial score (nSPS) is 11.1. The number of sulfonamides is 1. The van der Waals surface area contributed by atoms with Crippen molar-refractivity contribution in [1.29, 1.82) is 0 Å². The van der Waals surface area contributed by atoms with Crippen LogP contribution >= 0.6 is 0 Å². The largest absolute Gasteiger partial charge is 0.322 e. The Balaban J connectivity index is 1.92. The zero-order chi connectivity index (χ0) is 20.3. The van der Waals surface area contributed by atoms with Crippen LogP contribution < -0.4 is 9.62 Å². The average Bonchev–Trinajstić information content (AvgIpc) is 2.68. The number of nitrogens with zero attached hydrogens (tertiary/aromatic N) is 1. The maximum Gasteiger partial charge on any atom is 0.264 e. The van der Waals surface area contributed by atoms with E-state index in [4.69, 9.17) is 0 Å². The van der Waals surface area contributed by atoms with Crippen LogP contribution in [0.15, 0.2) is 77.7 Å². The van der Waals surface area contributed by atoms with Gasteiger partial charge in [-0.05, 0) is 61.4 Å². The zero-order valence-corrected chi connectivity index (χ0v) is 16.8. The van der Waals surface area contributed by atoms with E-state index in [-0.39, 0.29) is 10.8 Å². The van der Waals surface area contributed by atoms with Crippen LogP contribution in [0.3, 0.4) is 0 Å². The van der Waals surface area contributed by atoms with Crippen LogP contribution in [0.4, 0.5) is 11.4 Å². The Morgan fingerprint density at radius 2 is 1.61 bits per heavy atom. The summed E-state index contributed by atoms with van der Waals surface area (Å²) in [5.41, 5.74) is 3.33. The molecule has 0 spiro atoms. The van der Waals surface area contributed by atoms with Gasteiger partial charge in [0.15, 0.2) is 0 Å². The third-order valence-electron chi connectivity index (χ3n) is 4.49. The Bertz CT molecular complexity index is 1110. The molecule has 0 heterocycles. The first-order valence-electron chi connectivity index (χ1n) is 8.82. The molecule has 6 heteroatoms. The number of benzene rings is 3. The van der Waals surface area contributed by atoms with E-state index >= 15 is 0 Å². The molecule has 0 radical (unpaired) electrons. The summed E-state index contributed by atoms with van der Waals surface area (Å²) in [6.07, 6.45) is 0. The van der Waals surface area contributed by atoms with Gasteiger partial charge in [0.25, 0.3) is 15.9 Å². The highest BCUT2D eigenvalue weighted by Crippen LogP contribution is 2.27. The Kier molecular flexibility index (Phi) is 5.51. The fourth-order valence-electron chi connectivity index (χ4n) is 2.90. The van der Waals surface area contributed by atoms with Gasteiger partial charge in [-0.25, -0.2) is 8.42 Å². The monoisotopic (exact) mass is 394 g/mol. The van der Waals surface area contributed by atoms with Crippen molar-refractivity contribution in [1.82, 2.24) is 0 Å². The summed E-state index contributed by atoms with van der Waals surface area (Å²) >= 11 is 0. The molecule has 0 fully saturated rings. The summed E-state index contributed by atoms with van der Waals surface area (Å²) in [5.74, 6) is -0.294. The Morgan fingerprint density at radius 3 is 2.29 bits per heavy atom. The van der Waals surface area contributed by atoms with E-state index in [0.29, 0.717) is 16.9 Å². The second kappa shape index (κ2) is 7.86. The zero-order valence-electron chi connectivity index (χ0n) is 16.0. The molecular weight excluding hydrogens is 372 g/mol. The number of aryl methyl sites for hydroxylation is 2. The number of nitrogens with one attached hydrogen (secondary N) is 1. The molecule has 0 saturated carbocycles. The maximum absolute atomic E-state index is 12.9. The van der Waals surface area contributed by atoms with Gasteiger partial charge in [0.2, 0.25) is 0 Å². The summed E-state index contributed by atoms with van der Waals surface area (Å²) in [7, 11) is -2.23. The summed E-state index contributed by atoms with van der Waals surface area (Å²) in [5, 5.41) is 2.85. The third kappa shape index (κ3) is 4.07. The van der Waals surface area contributed by atoms with Gasteiger partial charge in [0.05, 0.1) is 10.6 Å². The van der Waals surface area contributed by atoms with E-state index in [9.17, 15) is 13.2 Å². The Morgan fingerprint density at radius 1 is 0.893 bits per heavy atom. The van der Waals surface area contributed by atoms with E-state index in [2.05, 4.69) is 5.32 Å². The number of amides is 1. The average molecular weight is 394 g/mol. The van der Waals surface area contributed by atoms with Crippen LogP contribution in [-0.4, -0.2) is 21.4 Å². The maximum atomic E-state index is 12.9. The Hall–Kier alpha value is -3.12. The molecule has 0 bridgehead atoms. The van der Waals surface area contributed by atoms with Gasteiger partial charge in [-0.1, -0.05) is 36.4 Å². The minimum atomic E-state index is -3.72. The van der Waals surface area contributed by atoms with Crippen LogP contribution in [-0.2, 0) is 10.0 Å². The SMILES string of the molecule is Cc1cccc(NC(=O)c2ccc(C)c(N(C)S(=O)(=O)c3ccccc3)c2)c1. The topological polar surface area (TPSA) is 66.5 Å². The van der Waals surface area contributed by atoms with Gasteiger partial charge in [-0.15, -0.1) is 0 Å². The van der Waals surface area contributed by atoms with Crippen molar-refractivity contribution in [3.8, 4) is 0 Å². The summed E-state index contributed by atoms with van der Waals surface area (Å²) in [6, 6.07) is 20.8. The molecule has 0 aliphatic rings. The molecule has 3 rings (SSSR count). The van der Waals surface area contributed by atoms with E-state index in [1.165, 1.54) is 11.4 Å². The summed E-state index contributed by atoms with van der Waals surface area (Å²) < 4.78 is 27.0. The van der Waals surface area contributed by atoms with E-state index in [1.807, 2.05) is 38.1 Å². The quantitative estimate of drug-likeness (QED) is 0.698. The minimum absolute atomic E-state index is 0.200. The molecule has 0 aromatic heterocycles. The Labute approximate surface area is 165 Å². The molecule has 5 nitrogen and oxygen atoms in total. The van der Waals surface area contributed by atoms with Gasteiger partial charge in [0, 0.05) is 18.3 Å². The molecule has 144 valence electrons. The van der Waals surface area contributed by atoms with Crippen LogP contribution in [0.2, 0.25) is 0 Å². The summed E-state index contributed by atoms with van der Waals surface area (Å²) in [6.45, 7) is 3.76. The first-order chi connectivity index (χ1) is 13.3. The molecule has 0 aliphatic heterocycles. The molecule has 0 atom stereocenters. The molecule has 0 unspecified atom stereocenters. The lowest BCUT2D eigenvalue weighted by atomic mass is 10.1. The van der Waals surface area contributed by atoms with Gasteiger partial charge in [-0.2, -0.15) is 0 Å². The number of hydrogen-bond donors (Lipinski definition) is 1. The number of rotatable bonds is 5. The molecule has 0 saturated heterocycles. The van der Waals surface area contributed by atoms with Gasteiger partial charge >= 0.3 is 0 Å². The van der Waals surface area contributed by atoms with Gasteiger partial charge < -0.3 is 5.32 Å². The van der Waals surface area contributed by atoms with Crippen molar-refractivity contribution in [3.63, 3.8) is 0 Å². The second-order valence-corrected chi connectivity index (χ2v) is 8.58. The van der Waals surface area contributed by atoms with Crippen molar-refractivity contribution in [2.45, 2.75) is 18.7 Å². The van der Waals surface area contributed by atoms with Crippen LogP contribution in [0.1, 0.15) is 21.5 Å². The lowest BCUT2D eigenvalue weighted by molar-refractivity contribution is 0.102. The van der Waals surface area contributed by atoms with Crippen LogP contribution in [0, 0.1) is 13.8 Å². The van der Waals surface area contributed by atoms with Crippen molar-refractivity contribution < 1.29 is 13.2 Å². The minimum Gasteiger partial charge on any atom is -0.322 e. The molecule has 1 N–H and O–H groups in total.